The summed E-state index contributed by atoms with van der Waals surface area (Å²) in [6.45, 7) is 5.90. The molecule has 0 aliphatic rings. The van der Waals surface area contributed by atoms with E-state index >= 15 is 0 Å². The second-order valence-corrected chi connectivity index (χ2v) is 3.49. The molecule has 0 atom stereocenters. The summed E-state index contributed by atoms with van der Waals surface area (Å²) in [5.41, 5.74) is 0.0520. The molecule has 56 valence electrons. The third-order valence-corrected chi connectivity index (χ3v) is 1.11. The highest BCUT2D eigenvalue weighted by Gasteiger charge is 2.12. The van der Waals surface area contributed by atoms with Crippen LogP contribution in [0.3, 0.4) is 0 Å². The fourth-order valence-electron chi connectivity index (χ4n) is 0.542. The molecule has 0 aromatic heterocycles. The molecule has 0 bridgehead atoms. The normalized spacial score (nSPS) is 12.7. The average Bonchev–Trinajstić information content (AvgIpc) is 1.59. The first-order valence-corrected chi connectivity index (χ1v) is 3.20. The minimum Gasteiger partial charge on any atom is -0.211 e. The van der Waals surface area contributed by atoms with Crippen molar-refractivity contribution in [1.29, 1.82) is 0 Å². The van der Waals surface area contributed by atoms with Crippen LogP contribution in [0.5, 0.6) is 0 Å². The van der Waals surface area contributed by atoms with E-state index in [9.17, 15) is 8.78 Å². The summed E-state index contributed by atoms with van der Waals surface area (Å²) in [5.74, 6) is 0. The van der Waals surface area contributed by atoms with Crippen LogP contribution in [-0.2, 0) is 0 Å². The lowest BCUT2D eigenvalue weighted by molar-refractivity contribution is 0.119. The highest BCUT2D eigenvalue weighted by molar-refractivity contribution is 4.61. The smallest absolute Gasteiger partial charge is 0.211 e. The lowest BCUT2D eigenvalue weighted by atomic mass is 9.91. The average molecular weight is 136 g/mol. The van der Waals surface area contributed by atoms with Crippen LogP contribution in [0.4, 0.5) is 8.78 Å². The van der Waals surface area contributed by atoms with Crippen LogP contribution in [-0.4, -0.2) is 6.43 Å². The predicted octanol–water partition coefficient (Wildman–Crippen LogP) is 3.08. The Hall–Kier alpha value is -0.140. The fourth-order valence-corrected chi connectivity index (χ4v) is 0.542. The summed E-state index contributed by atoms with van der Waals surface area (Å²) in [7, 11) is 0. The highest BCUT2D eigenvalue weighted by Crippen LogP contribution is 2.22. The van der Waals surface area contributed by atoms with E-state index in [0.29, 0.717) is 6.42 Å². The molecule has 9 heavy (non-hydrogen) atoms. The molecule has 0 aromatic carbocycles. The molecular formula is C7H14F2. The van der Waals surface area contributed by atoms with Gasteiger partial charge in [-0.15, -0.1) is 0 Å². The number of alkyl halides is 2. The van der Waals surface area contributed by atoms with E-state index in [0.717, 1.165) is 0 Å². The van der Waals surface area contributed by atoms with Gasteiger partial charge < -0.3 is 0 Å². The van der Waals surface area contributed by atoms with Gasteiger partial charge in [-0.05, 0) is 11.8 Å². The Bertz CT molecular complexity index is 71.5. The van der Waals surface area contributed by atoms with Gasteiger partial charge in [0, 0.05) is 6.42 Å². The van der Waals surface area contributed by atoms with Gasteiger partial charge in [0.05, 0.1) is 0 Å². The van der Waals surface area contributed by atoms with Crippen LogP contribution in [0.25, 0.3) is 0 Å². The van der Waals surface area contributed by atoms with E-state index in [1.807, 2.05) is 20.8 Å². The van der Waals surface area contributed by atoms with Crippen LogP contribution in [0.2, 0.25) is 0 Å². The topological polar surface area (TPSA) is 0 Å². The molecule has 0 fully saturated rings. The molecule has 0 unspecified atom stereocenters. The summed E-state index contributed by atoms with van der Waals surface area (Å²) in [5, 5.41) is 0. The van der Waals surface area contributed by atoms with Crippen LogP contribution in [0.1, 0.15) is 33.6 Å². The zero-order valence-corrected chi connectivity index (χ0v) is 6.25. The van der Waals surface area contributed by atoms with E-state index in [1.54, 1.807) is 0 Å². The van der Waals surface area contributed by atoms with Crippen molar-refractivity contribution in [3.05, 3.63) is 0 Å². The van der Waals surface area contributed by atoms with Crippen molar-refractivity contribution in [3.63, 3.8) is 0 Å². The third kappa shape index (κ3) is 7.86. The van der Waals surface area contributed by atoms with Crippen molar-refractivity contribution < 1.29 is 8.78 Å². The molecule has 0 saturated heterocycles. The van der Waals surface area contributed by atoms with Gasteiger partial charge in [0.15, 0.2) is 0 Å². The largest absolute Gasteiger partial charge is 0.238 e. The zero-order valence-electron chi connectivity index (χ0n) is 6.25. The molecule has 2 heteroatoms. The second-order valence-electron chi connectivity index (χ2n) is 3.49. The molecule has 0 saturated carbocycles. The van der Waals surface area contributed by atoms with E-state index in [2.05, 4.69) is 0 Å². The quantitative estimate of drug-likeness (QED) is 0.547. The lowest BCUT2D eigenvalue weighted by Crippen LogP contribution is -2.06. The van der Waals surface area contributed by atoms with Gasteiger partial charge in [-0.25, -0.2) is 8.78 Å². The molecule has 0 rings (SSSR count). The van der Waals surface area contributed by atoms with Gasteiger partial charge in [0.25, 0.3) is 0 Å². The third-order valence-electron chi connectivity index (χ3n) is 1.11. The summed E-state index contributed by atoms with van der Waals surface area (Å²) in [4.78, 5) is 0. The minimum absolute atomic E-state index is 0.0312. The van der Waals surface area contributed by atoms with Crippen molar-refractivity contribution >= 4 is 0 Å². The van der Waals surface area contributed by atoms with E-state index in [-0.39, 0.29) is 11.8 Å². The minimum atomic E-state index is -2.13. The van der Waals surface area contributed by atoms with Crippen molar-refractivity contribution in [2.45, 2.75) is 40.0 Å². The standard InChI is InChI=1S/C7H14F2/c1-7(2,3)5-4-6(8)9/h6H,4-5H2,1-3H3. The summed E-state index contributed by atoms with van der Waals surface area (Å²) < 4.78 is 23.1. The zero-order chi connectivity index (χ0) is 7.49. The Labute approximate surface area is 55.3 Å². The van der Waals surface area contributed by atoms with E-state index in [1.165, 1.54) is 0 Å². The van der Waals surface area contributed by atoms with Gasteiger partial charge in [-0.3, -0.25) is 0 Å². The van der Waals surface area contributed by atoms with Crippen LogP contribution in [0, 0.1) is 5.41 Å². The van der Waals surface area contributed by atoms with Gasteiger partial charge in [0.2, 0.25) is 6.43 Å². The fraction of sp³-hybridized carbons (Fsp3) is 1.00. The molecule has 0 N–H and O–H groups in total. The Morgan fingerprint density at radius 2 is 1.67 bits per heavy atom. The first-order chi connectivity index (χ1) is 3.92. The maximum absolute atomic E-state index is 11.6. The monoisotopic (exact) mass is 136 g/mol. The van der Waals surface area contributed by atoms with Crippen LogP contribution >= 0.6 is 0 Å². The van der Waals surface area contributed by atoms with Crippen molar-refractivity contribution in [2.75, 3.05) is 0 Å². The Morgan fingerprint density at radius 3 is 1.78 bits per heavy atom. The molecule has 0 amide bonds. The summed E-state index contributed by atoms with van der Waals surface area (Å²) in [6.07, 6.45) is -1.50. The molecular weight excluding hydrogens is 122 g/mol. The molecule has 0 nitrogen and oxygen atoms in total. The molecule has 0 spiro atoms. The number of rotatable bonds is 2. The lowest BCUT2D eigenvalue weighted by Gasteiger charge is -2.16. The molecule has 0 aliphatic carbocycles. The maximum Gasteiger partial charge on any atom is 0.238 e. The number of hydrogen-bond donors (Lipinski definition) is 0. The number of halogens is 2. The van der Waals surface area contributed by atoms with Crippen molar-refractivity contribution in [3.8, 4) is 0 Å². The van der Waals surface area contributed by atoms with Crippen molar-refractivity contribution in [1.82, 2.24) is 0 Å². The first-order valence-electron chi connectivity index (χ1n) is 3.20. The number of hydrogen-bond acceptors (Lipinski definition) is 0. The Balaban J connectivity index is 3.28. The maximum atomic E-state index is 11.6. The first kappa shape index (κ1) is 8.86. The molecule has 0 aliphatic heterocycles. The van der Waals surface area contributed by atoms with Crippen molar-refractivity contribution in [2.24, 2.45) is 5.41 Å². The Kier molecular flexibility index (Phi) is 3.09. The van der Waals surface area contributed by atoms with Gasteiger partial charge in [0.1, 0.15) is 0 Å². The summed E-state index contributed by atoms with van der Waals surface area (Å²) in [6, 6.07) is 0. The highest BCUT2D eigenvalue weighted by atomic mass is 19.3. The van der Waals surface area contributed by atoms with Gasteiger partial charge in [-0.2, -0.15) is 0 Å². The van der Waals surface area contributed by atoms with Gasteiger partial charge in [-0.1, -0.05) is 20.8 Å². The molecule has 0 radical (unpaired) electrons. The molecule has 0 aromatic rings. The van der Waals surface area contributed by atoms with Gasteiger partial charge >= 0.3 is 0 Å². The SMILES string of the molecule is CC(C)(C)CCC(F)F. The predicted molar refractivity (Wildman–Crippen MR) is 34.7 cm³/mol. The molecule has 0 heterocycles. The van der Waals surface area contributed by atoms with Crippen LogP contribution < -0.4 is 0 Å². The van der Waals surface area contributed by atoms with Crippen LogP contribution in [0.15, 0.2) is 0 Å². The van der Waals surface area contributed by atoms with E-state index < -0.39 is 6.43 Å². The Morgan fingerprint density at radius 1 is 1.22 bits per heavy atom. The van der Waals surface area contributed by atoms with E-state index in [4.69, 9.17) is 0 Å². The second kappa shape index (κ2) is 3.14. The summed E-state index contributed by atoms with van der Waals surface area (Å²) >= 11 is 0.